The van der Waals surface area contributed by atoms with Crippen LogP contribution in [0.4, 0.5) is 0 Å². The molecule has 6 aromatic carbocycles. The molecule has 0 aliphatic rings. The van der Waals surface area contributed by atoms with Crippen molar-refractivity contribution in [2.24, 2.45) is 0 Å². The largest absolute Gasteiger partial charge is 0.246 e. The normalized spacial score (nSPS) is 11.1. The molecule has 0 unspecified atom stereocenters. The van der Waals surface area contributed by atoms with Crippen molar-refractivity contribution >= 4 is 32.3 Å². The minimum atomic E-state index is 0.412. The van der Waals surface area contributed by atoms with Gasteiger partial charge in [-0.3, -0.25) is 0 Å². The van der Waals surface area contributed by atoms with Gasteiger partial charge >= 0.3 is 0 Å². The molecule has 4 heteroatoms. The molecule has 0 bridgehead atoms. The van der Waals surface area contributed by atoms with Gasteiger partial charge in [0.2, 0.25) is 0 Å². The molecule has 0 saturated heterocycles. The maximum atomic E-state index is 9.29. The predicted molar refractivity (Wildman–Crippen MR) is 177 cm³/mol. The highest BCUT2D eigenvalue weighted by molar-refractivity contribution is 6.24. The molecule has 2 heterocycles. The summed E-state index contributed by atoms with van der Waals surface area (Å²) in [5.74, 6) is 0. The molecule has 0 saturated carbocycles. The molecule has 0 spiro atoms. The van der Waals surface area contributed by atoms with Crippen LogP contribution in [0.1, 0.15) is 11.4 Å². The van der Waals surface area contributed by atoms with Crippen molar-refractivity contribution in [3.8, 4) is 56.6 Å². The van der Waals surface area contributed by atoms with Gasteiger partial charge in [0.25, 0.3) is 0 Å². The van der Waals surface area contributed by atoms with Gasteiger partial charge in [0.15, 0.2) is 0 Å². The minimum absolute atomic E-state index is 0.412. The van der Waals surface area contributed by atoms with Crippen LogP contribution >= 0.6 is 0 Å². The summed E-state index contributed by atoms with van der Waals surface area (Å²) in [6.45, 7) is 0. The van der Waals surface area contributed by atoms with Gasteiger partial charge < -0.3 is 0 Å². The Labute approximate surface area is 254 Å². The minimum Gasteiger partial charge on any atom is -0.246 e. The molecule has 0 atom stereocenters. The molecule has 0 amide bonds. The third-order valence-corrected chi connectivity index (χ3v) is 8.34. The van der Waals surface area contributed by atoms with E-state index in [1.807, 2.05) is 24.3 Å². The van der Waals surface area contributed by atoms with Gasteiger partial charge in [-0.05, 0) is 137 Å². The molecule has 4 nitrogen and oxygen atoms in total. The van der Waals surface area contributed by atoms with Crippen molar-refractivity contribution < 1.29 is 0 Å². The molecule has 8 aromatic rings. The first-order chi connectivity index (χ1) is 21.7. The molecule has 0 N–H and O–H groups in total. The van der Waals surface area contributed by atoms with Crippen LogP contribution in [0.15, 0.2) is 134 Å². The third kappa shape index (κ3) is 4.31. The summed E-state index contributed by atoms with van der Waals surface area (Å²) < 4.78 is 0. The van der Waals surface area contributed by atoms with Crippen LogP contribution in [0.2, 0.25) is 0 Å². The van der Waals surface area contributed by atoms with Gasteiger partial charge in [-0.1, -0.05) is 60.7 Å². The Hall–Kier alpha value is -6.36. The van der Waals surface area contributed by atoms with E-state index in [9.17, 15) is 10.5 Å². The molecule has 2 aromatic heterocycles. The topological polar surface area (TPSA) is 73.4 Å². The molecule has 8 rings (SSSR count). The Bertz CT molecular complexity index is 2240. The summed E-state index contributed by atoms with van der Waals surface area (Å²) in [5.41, 5.74) is 9.44. The first kappa shape index (κ1) is 25.4. The summed E-state index contributed by atoms with van der Waals surface area (Å²) in [4.78, 5) is 8.23. The standard InChI is InChI=1S/C40H22N4/c41-23-37-21-29(11-13-43-37)25-3-1-5-27(15-25)35-17-31-7-9-33-19-36(20-34-10-8-32(18-35)39(31)40(33)34)28-6-2-4-26(16-28)30-12-14-44-38(22-30)24-42/h1-22H. The van der Waals surface area contributed by atoms with Crippen LogP contribution < -0.4 is 0 Å². The number of nitriles is 2. The Morgan fingerprint density at radius 1 is 0.364 bits per heavy atom. The summed E-state index contributed by atoms with van der Waals surface area (Å²) in [6, 6.07) is 46.7. The van der Waals surface area contributed by atoms with Crippen LogP contribution in [0.5, 0.6) is 0 Å². The second kappa shape index (κ2) is 10.2. The maximum absolute atomic E-state index is 9.29. The summed E-state index contributed by atoms with van der Waals surface area (Å²) in [7, 11) is 0. The van der Waals surface area contributed by atoms with Gasteiger partial charge in [0.05, 0.1) is 0 Å². The SMILES string of the molecule is N#Cc1cc(-c2cccc(-c3cc4ccc5cc(-c6cccc(-c7ccnc(C#N)c7)c6)cc6ccc(c3)c4c56)c2)ccn1. The van der Waals surface area contributed by atoms with Gasteiger partial charge in [-0.25, -0.2) is 9.97 Å². The van der Waals surface area contributed by atoms with E-state index in [0.29, 0.717) is 11.4 Å². The summed E-state index contributed by atoms with van der Waals surface area (Å²) in [5, 5.41) is 26.0. The molecule has 44 heavy (non-hydrogen) atoms. The molecule has 0 radical (unpaired) electrons. The van der Waals surface area contributed by atoms with Gasteiger partial charge in [0.1, 0.15) is 23.5 Å². The van der Waals surface area contributed by atoms with Crippen molar-refractivity contribution in [3.63, 3.8) is 0 Å². The van der Waals surface area contributed by atoms with Gasteiger partial charge in [-0.2, -0.15) is 10.5 Å². The average Bonchev–Trinajstić information content (AvgIpc) is 3.10. The highest BCUT2D eigenvalue weighted by Crippen LogP contribution is 2.40. The van der Waals surface area contributed by atoms with Crippen molar-refractivity contribution in [3.05, 3.63) is 145 Å². The first-order valence-corrected chi connectivity index (χ1v) is 14.3. The van der Waals surface area contributed by atoms with Gasteiger partial charge in [0, 0.05) is 12.4 Å². The third-order valence-electron chi connectivity index (χ3n) is 8.34. The van der Waals surface area contributed by atoms with E-state index >= 15 is 0 Å². The fourth-order valence-corrected chi connectivity index (χ4v) is 6.27. The van der Waals surface area contributed by atoms with Crippen LogP contribution in [0.3, 0.4) is 0 Å². The fraction of sp³-hybridized carbons (Fsp3) is 0. The Kier molecular flexibility index (Phi) is 5.86. The lowest BCUT2D eigenvalue weighted by molar-refractivity contribution is 1.26. The second-order valence-electron chi connectivity index (χ2n) is 11.0. The lowest BCUT2D eigenvalue weighted by Crippen LogP contribution is -1.89. The Morgan fingerprint density at radius 3 is 1.07 bits per heavy atom. The molecule has 0 aliphatic heterocycles. The van der Waals surface area contributed by atoms with Crippen molar-refractivity contribution in [2.75, 3.05) is 0 Å². The van der Waals surface area contributed by atoms with E-state index in [1.54, 1.807) is 12.4 Å². The van der Waals surface area contributed by atoms with E-state index < -0.39 is 0 Å². The molecule has 202 valence electrons. The fourth-order valence-electron chi connectivity index (χ4n) is 6.27. The number of aromatic nitrogens is 2. The predicted octanol–water partition coefficient (Wildman–Crippen LogP) is 9.79. The van der Waals surface area contributed by atoms with Crippen LogP contribution in [0, 0.1) is 22.7 Å². The van der Waals surface area contributed by atoms with E-state index in [0.717, 1.165) is 44.5 Å². The monoisotopic (exact) mass is 558 g/mol. The average molecular weight is 559 g/mol. The zero-order chi connectivity index (χ0) is 29.6. The van der Waals surface area contributed by atoms with Crippen LogP contribution in [-0.4, -0.2) is 9.97 Å². The molecule has 0 fully saturated rings. The van der Waals surface area contributed by atoms with Crippen LogP contribution in [0.25, 0.3) is 76.8 Å². The Morgan fingerprint density at radius 2 is 0.705 bits per heavy atom. The number of pyridine rings is 2. The molecular formula is C40H22N4. The molecule has 0 aliphatic carbocycles. The zero-order valence-electron chi connectivity index (χ0n) is 23.5. The lowest BCUT2D eigenvalue weighted by Gasteiger charge is -2.15. The van der Waals surface area contributed by atoms with E-state index in [2.05, 4.69) is 119 Å². The van der Waals surface area contributed by atoms with Crippen LogP contribution in [-0.2, 0) is 0 Å². The van der Waals surface area contributed by atoms with Crippen molar-refractivity contribution in [1.29, 1.82) is 10.5 Å². The zero-order valence-corrected chi connectivity index (χ0v) is 23.5. The number of rotatable bonds is 4. The summed E-state index contributed by atoms with van der Waals surface area (Å²) in [6.07, 6.45) is 3.37. The van der Waals surface area contributed by atoms with E-state index in [-0.39, 0.29) is 0 Å². The first-order valence-electron chi connectivity index (χ1n) is 14.3. The maximum Gasteiger partial charge on any atom is 0.141 e. The number of benzene rings is 6. The van der Waals surface area contributed by atoms with E-state index in [4.69, 9.17) is 0 Å². The number of nitrogens with zero attached hydrogens (tertiary/aromatic N) is 4. The number of hydrogen-bond donors (Lipinski definition) is 0. The van der Waals surface area contributed by atoms with E-state index in [1.165, 1.54) is 32.3 Å². The quantitative estimate of drug-likeness (QED) is 0.202. The van der Waals surface area contributed by atoms with Crippen molar-refractivity contribution in [1.82, 2.24) is 9.97 Å². The van der Waals surface area contributed by atoms with Gasteiger partial charge in [-0.15, -0.1) is 0 Å². The lowest BCUT2D eigenvalue weighted by atomic mass is 9.89. The smallest absolute Gasteiger partial charge is 0.141 e. The highest BCUT2D eigenvalue weighted by Gasteiger charge is 2.13. The van der Waals surface area contributed by atoms with Crippen molar-refractivity contribution in [2.45, 2.75) is 0 Å². The number of hydrogen-bond acceptors (Lipinski definition) is 4. The Balaban J connectivity index is 1.21. The summed E-state index contributed by atoms with van der Waals surface area (Å²) >= 11 is 0. The second-order valence-corrected chi connectivity index (χ2v) is 11.0. The molecular weight excluding hydrogens is 536 g/mol. The highest BCUT2D eigenvalue weighted by atomic mass is 14.7.